The molecule has 0 aromatic heterocycles. The summed E-state index contributed by atoms with van der Waals surface area (Å²) < 4.78 is 0. The first kappa shape index (κ1) is 16.7. The molecular formula is C18H13N2O4S+. The van der Waals surface area contributed by atoms with E-state index in [1.165, 1.54) is 24.3 Å². The molecule has 0 radical (unpaired) electrons. The van der Waals surface area contributed by atoms with E-state index in [2.05, 4.69) is 0 Å². The molecule has 0 atom stereocenters. The molecule has 6 nitrogen and oxygen atoms in total. The molecule has 0 unspecified atom stereocenters. The van der Waals surface area contributed by atoms with Crippen molar-refractivity contribution in [1.29, 1.82) is 0 Å². The molecule has 0 aliphatic rings. The summed E-state index contributed by atoms with van der Waals surface area (Å²) in [7, 11) is -0.503. The number of nitrogens with zero attached hydrogens (tertiary/aromatic N) is 2. The van der Waals surface area contributed by atoms with Crippen LogP contribution in [0.1, 0.15) is 0 Å². The molecule has 3 aromatic rings. The molecule has 0 saturated carbocycles. The predicted octanol–water partition coefficient (Wildman–Crippen LogP) is 4.60. The van der Waals surface area contributed by atoms with Gasteiger partial charge < -0.3 is 0 Å². The molecular weight excluding hydrogens is 340 g/mol. The third-order valence-corrected chi connectivity index (χ3v) is 5.78. The Kier molecular flexibility index (Phi) is 4.76. The number of rotatable bonds is 5. The molecule has 0 aliphatic heterocycles. The Labute approximate surface area is 146 Å². The smallest absolute Gasteiger partial charge is 0.258 e. The van der Waals surface area contributed by atoms with E-state index in [0.717, 1.165) is 14.7 Å². The zero-order valence-electron chi connectivity index (χ0n) is 12.9. The number of non-ortho nitro benzene ring substituents is 2. The van der Waals surface area contributed by atoms with Crippen LogP contribution in [-0.4, -0.2) is 9.85 Å². The maximum absolute atomic E-state index is 10.9. The summed E-state index contributed by atoms with van der Waals surface area (Å²) in [5.74, 6) is 0. The Morgan fingerprint density at radius 3 is 1.28 bits per heavy atom. The van der Waals surface area contributed by atoms with Gasteiger partial charge in [0.05, 0.1) is 20.7 Å². The van der Waals surface area contributed by atoms with E-state index in [4.69, 9.17) is 0 Å². The van der Waals surface area contributed by atoms with Crippen molar-refractivity contribution in [2.45, 2.75) is 14.7 Å². The molecule has 3 aromatic carbocycles. The van der Waals surface area contributed by atoms with Crippen LogP contribution in [0.25, 0.3) is 0 Å². The average Bonchev–Trinajstić information content (AvgIpc) is 2.64. The number of hydrogen-bond acceptors (Lipinski definition) is 4. The lowest BCUT2D eigenvalue weighted by atomic mass is 10.3. The van der Waals surface area contributed by atoms with Gasteiger partial charge in [-0.15, -0.1) is 0 Å². The lowest BCUT2D eigenvalue weighted by Gasteiger charge is -2.07. The molecule has 0 aliphatic carbocycles. The van der Waals surface area contributed by atoms with E-state index in [-0.39, 0.29) is 11.4 Å². The minimum absolute atomic E-state index is 0.0315. The predicted molar refractivity (Wildman–Crippen MR) is 94.8 cm³/mol. The number of benzene rings is 3. The molecule has 0 heterocycles. The van der Waals surface area contributed by atoms with Crippen molar-refractivity contribution in [3.63, 3.8) is 0 Å². The third-order valence-electron chi connectivity index (χ3n) is 3.55. The summed E-state index contributed by atoms with van der Waals surface area (Å²) >= 11 is 0. The number of nitro benzene ring substituents is 2. The molecule has 124 valence electrons. The van der Waals surface area contributed by atoms with Gasteiger partial charge in [-0.1, -0.05) is 18.2 Å². The second-order valence-corrected chi connectivity index (χ2v) is 7.15. The van der Waals surface area contributed by atoms with Crippen LogP contribution in [0.5, 0.6) is 0 Å². The summed E-state index contributed by atoms with van der Waals surface area (Å²) in [4.78, 5) is 23.7. The van der Waals surface area contributed by atoms with Gasteiger partial charge in [0.25, 0.3) is 11.4 Å². The monoisotopic (exact) mass is 353 g/mol. The zero-order chi connectivity index (χ0) is 17.8. The van der Waals surface area contributed by atoms with Crippen LogP contribution in [0.2, 0.25) is 0 Å². The lowest BCUT2D eigenvalue weighted by molar-refractivity contribution is -0.385. The zero-order valence-corrected chi connectivity index (χ0v) is 13.8. The fourth-order valence-electron chi connectivity index (χ4n) is 2.37. The fourth-order valence-corrected chi connectivity index (χ4v) is 4.43. The standard InChI is InChI=1S/C18H13N2O4S/c21-19(22)14-6-10-17(11-7-14)25(16-4-2-1-3-5-16)18-12-8-15(9-13-18)20(23)24/h1-13H/q+1. The fraction of sp³-hybridized carbons (Fsp3) is 0. The van der Waals surface area contributed by atoms with Crippen LogP contribution in [0.4, 0.5) is 11.4 Å². The highest BCUT2D eigenvalue weighted by atomic mass is 32.2. The molecule has 25 heavy (non-hydrogen) atoms. The highest BCUT2D eigenvalue weighted by Crippen LogP contribution is 2.32. The Hall–Kier alpha value is -3.19. The lowest BCUT2D eigenvalue weighted by Crippen LogP contribution is -2.05. The van der Waals surface area contributed by atoms with E-state index in [9.17, 15) is 20.2 Å². The first-order chi connectivity index (χ1) is 12.1. The van der Waals surface area contributed by atoms with Gasteiger partial charge in [-0.25, -0.2) is 0 Å². The number of hydrogen-bond donors (Lipinski definition) is 0. The van der Waals surface area contributed by atoms with Crippen molar-refractivity contribution >= 4 is 22.3 Å². The third kappa shape index (κ3) is 3.67. The van der Waals surface area contributed by atoms with Crippen LogP contribution >= 0.6 is 0 Å². The van der Waals surface area contributed by atoms with Gasteiger partial charge in [-0.2, -0.15) is 0 Å². The van der Waals surface area contributed by atoms with Crippen LogP contribution in [0.15, 0.2) is 93.5 Å². The highest BCUT2D eigenvalue weighted by Gasteiger charge is 2.29. The maximum Gasteiger partial charge on any atom is 0.269 e. The van der Waals surface area contributed by atoms with Gasteiger partial charge in [0, 0.05) is 48.5 Å². The summed E-state index contributed by atoms with van der Waals surface area (Å²) in [6, 6.07) is 22.5. The second-order valence-electron chi connectivity index (χ2n) is 5.12. The summed E-state index contributed by atoms with van der Waals surface area (Å²) in [6.45, 7) is 0. The van der Waals surface area contributed by atoms with E-state index in [1.54, 1.807) is 24.3 Å². The summed E-state index contributed by atoms with van der Waals surface area (Å²) in [5.41, 5.74) is 0.0631. The van der Waals surface area contributed by atoms with Crippen molar-refractivity contribution in [3.05, 3.63) is 99.1 Å². The first-order valence-electron chi connectivity index (χ1n) is 7.34. The summed E-state index contributed by atoms with van der Waals surface area (Å²) in [6.07, 6.45) is 0. The van der Waals surface area contributed by atoms with Crippen molar-refractivity contribution in [2.24, 2.45) is 0 Å². The van der Waals surface area contributed by atoms with Gasteiger partial charge in [-0.05, 0) is 12.1 Å². The average molecular weight is 353 g/mol. The van der Waals surface area contributed by atoms with Crippen molar-refractivity contribution < 1.29 is 9.85 Å². The van der Waals surface area contributed by atoms with Crippen molar-refractivity contribution in [1.82, 2.24) is 0 Å². The largest absolute Gasteiger partial charge is 0.269 e. The van der Waals surface area contributed by atoms with Crippen LogP contribution in [-0.2, 0) is 10.9 Å². The minimum atomic E-state index is -0.503. The van der Waals surface area contributed by atoms with Crippen LogP contribution in [0, 0.1) is 20.2 Å². The maximum atomic E-state index is 10.9. The second kappa shape index (κ2) is 7.14. The molecule has 0 bridgehead atoms. The Morgan fingerprint density at radius 2 is 0.920 bits per heavy atom. The van der Waals surface area contributed by atoms with Crippen molar-refractivity contribution in [2.75, 3.05) is 0 Å². The molecule has 3 rings (SSSR count). The minimum Gasteiger partial charge on any atom is -0.258 e. The van der Waals surface area contributed by atoms with E-state index in [0.29, 0.717) is 0 Å². The molecule has 0 saturated heterocycles. The van der Waals surface area contributed by atoms with E-state index < -0.39 is 20.7 Å². The topological polar surface area (TPSA) is 86.3 Å². The van der Waals surface area contributed by atoms with Crippen molar-refractivity contribution in [3.8, 4) is 0 Å². The first-order valence-corrected chi connectivity index (χ1v) is 8.57. The molecule has 0 spiro atoms. The summed E-state index contributed by atoms with van der Waals surface area (Å²) in [5, 5.41) is 21.7. The van der Waals surface area contributed by atoms with Crippen LogP contribution < -0.4 is 0 Å². The Bertz CT molecular complexity index is 839. The quantitative estimate of drug-likeness (QED) is 0.381. The van der Waals surface area contributed by atoms with E-state index >= 15 is 0 Å². The molecule has 7 heteroatoms. The van der Waals surface area contributed by atoms with Crippen LogP contribution in [0.3, 0.4) is 0 Å². The van der Waals surface area contributed by atoms with E-state index in [1.807, 2.05) is 30.3 Å². The normalized spacial score (nSPS) is 10.6. The molecule has 0 N–H and O–H groups in total. The molecule has 0 amide bonds. The molecule has 0 fully saturated rings. The van der Waals surface area contributed by atoms with Gasteiger partial charge in [0.1, 0.15) is 0 Å². The van der Waals surface area contributed by atoms with Gasteiger partial charge in [-0.3, -0.25) is 20.2 Å². The Balaban J connectivity index is 2.07. The highest BCUT2D eigenvalue weighted by molar-refractivity contribution is 7.97. The SMILES string of the molecule is O=[N+]([O-])c1ccc([S+](c2ccccc2)c2ccc([N+](=O)[O-])cc2)cc1. The van der Waals surface area contributed by atoms with Gasteiger partial charge in [0.2, 0.25) is 0 Å². The number of nitro groups is 2. The van der Waals surface area contributed by atoms with Gasteiger partial charge >= 0.3 is 0 Å². The van der Waals surface area contributed by atoms with Gasteiger partial charge in [0.15, 0.2) is 14.7 Å². The Morgan fingerprint density at radius 1 is 0.560 bits per heavy atom.